The van der Waals surface area contributed by atoms with Crippen molar-refractivity contribution in [2.45, 2.75) is 0 Å². The van der Waals surface area contributed by atoms with Gasteiger partial charge in [0.2, 0.25) is 5.91 Å². The first kappa shape index (κ1) is 15.9. The molecule has 1 aromatic rings. The molecule has 0 bridgehead atoms. The molecule has 2 saturated heterocycles. The Hall–Kier alpha value is -1.93. The summed E-state index contributed by atoms with van der Waals surface area (Å²) < 4.78 is 6.61. The monoisotopic (exact) mass is 321 g/mol. The minimum atomic E-state index is -0.117. The third-order valence-corrected chi connectivity index (χ3v) is 4.41. The predicted octanol–water partition coefficient (Wildman–Crippen LogP) is -1.24. The normalized spacial score (nSPS) is 19.9. The Kier molecular flexibility index (Phi) is 4.92. The third-order valence-electron chi connectivity index (χ3n) is 4.41. The van der Waals surface area contributed by atoms with Crippen LogP contribution >= 0.6 is 0 Å². The fourth-order valence-electron chi connectivity index (χ4n) is 2.90. The van der Waals surface area contributed by atoms with Crippen LogP contribution in [0.4, 0.5) is 5.69 Å². The van der Waals surface area contributed by atoms with Gasteiger partial charge in [0, 0.05) is 52.4 Å². The molecule has 0 radical (unpaired) electrons. The summed E-state index contributed by atoms with van der Waals surface area (Å²) in [6, 6.07) is 1.60. The van der Waals surface area contributed by atoms with Crippen LogP contribution in [0.15, 0.2) is 17.1 Å². The molecule has 1 aromatic heterocycles. The summed E-state index contributed by atoms with van der Waals surface area (Å²) >= 11 is 0. The number of carbonyl (C=O) groups is 1. The van der Waals surface area contributed by atoms with Crippen molar-refractivity contribution in [1.29, 1.82) is 0 Å². The van der Waals surface area contributed by atoms with Crippen molar-refractivity contribution in [2.75, 3.05) is 63.9 Å². The summed E-state index contributed by atoms with van der Waals surface area (Å²) in [7, 11) is 1.63. The summed E-state index contributed by atoms with van der Waals surface area (Å²) in [4.78, 5) is 30.2. The molecule has 8 nitrogen and oxygen atoms in total. The highest BCUT2D eigenvalue weighted by molar-refractivity contribution is 5.78. The number of morpholine rings is 1. The number of carbonyl (C=O) groups excluding carboxylic acids is 1. The predicted molar refractivity (Wildman–Crippen MR) is 85.5 cm³/mol. The van der Waals surface area contributed by atoms with Gasteiger partial charge in [-0.3, -0.25) is 14.5 Å². The van der Waals surface area contributed by atoms with Gasteiger partial charge in [-0.25, -0.2) is 4.68 Å². The van der Waals surface area contributed by atoms with E-state index in [2.05, 4.69) is 14.9 Å². The SMILES string of the molecule is Cn1ncc(N2CCN(C(=O)CN3CCOCC3)CC2)cc1=O. The summed E-state index contributed by atoms with van der Waals surface area (Å²) in [5.74, 6) is 0.175. The van der Waals surface area contributed by atoms with Crippen molar-refractivity contribution in [3.05, 3.63) is 22.6 Å². The Labute approximate surface area is 135 Å². The van der Waals surface area contributed by atoms with Crippen LogP contribution in [-0.2, 0) is 16.6 Å². The summed E-state index contributed by atoms with van der Waals surface area (Å²) in [6.45, 7) is 6.34. The topological polar surface area (TPSA) is 70.9 Å². The van der Waals surface area contributed by atoms with Gasteiger partial charge in [-0.05, 0) is 0 Å². The smallest absolute Gasteiger partial charge is 0.268 e. The lowest BCUT2D eigenvalue weighted by atomic mass is 10.2. The van der Waals surface area contributed by atoms with E-state index in [9.17, 15) is 9.59 Å². The average molecular weight is 321 g/mol. The molecule has 2 fully saturated rings. The number of aryl methyl sites for hydroxylation is 1. The van der Waals surface area contributed by atoms with Gasteiger partial charge in [0.15, 0.2) is 0 Å². The Morgan fingerprint density at radius 3 is 2.52 bits per heavy atom. The van der Waals surface area contributed by atoms with Crippen LogP contribution in [0.1, 0.15) is 0 Å². The van der Waals surface area contributed by atoms with Gasteiger partial charge in [0.05, 0.1) is 31.6 Å². The van der Waals surface area contributed by atoms with Crippen LogP contribution in [0.5, 0.6) is 0 Å². The standard InChI is InChI=1S/C15H23N5O3/c1-17-14(21)10-13(11-16-17)19-2-4-20(5-3-19)15(22)12-18-6-8-23-9-7-18/h10-11H,2-9,12H2,1H3. The van der Waals surface area contributed by atoms with E-state index in [0.717, 1.165) is 31.9 Å². The zero-order valence-electron chi connectivity index (χ0n) is 13.5. The zero-order valence-corrected chi connectivity index (χ0v) is 13.5. The van der Waals surface area contributed by atoms with Crippen molar-refractivity contribution < 1.29 is 9.53 Å². The average Bonchev–Trinajstić information content (AvgIpc) is 2.58. The van der Waals surface area contributed by atoms with E-state index in [0.29, 0.717) is 32.8 Å². The molecular weight excluding hydrogens is 298 g/mol. The van der Waals surface area contributed by atoms with Crippen LogP contribution in [0.25, 0.3) is 0 Å². The van der Waals surface area contributed by atoms with Crippen LogP contribution in [0.2, 0.25) is 0 Å². The molecule has 1 amide bonds. The first-order valence-corrected chi connectivity index (χ1v) is 8.00. The number of piperazine rings is 1. The molecule has 23 heavy (non-hydrogen) atoms. The molecule has 8 heteroatoms. The molecule has 0 aliphatic carbocycles. The number of ether oxygens (including phenoxy) is 1. The van der Waals surface area contributed by atoms with Gasteiger partial charge >= 0.3 is 0 Å². The molecule has 0 aromatic carbocycles. The lowest BCUT2D eigenvalue weighted by Crippen LogP contribution is -2.52. The molecule has 3 rings (SSSR count). The van der Waals surface area contributed by atoms with Crippen LogP contribution in [-0.4, -0.2) is 84.5 Å². The molecule has 2 aliphatic heterocycles. The second kappa shape index (κ2) is 7.10. The Morgan fingerprint density at radius 2 is 1.87 bits per heavy atom. The number of rotatable bonds is 3. The van der Waals surface area contributed by atoms with Gasteiger partial charge in [0.1, 0.15) is 0 Å². The molecule has 0 unspecified atom stereocenters. The number of nitrogens with zero attached hydrogens (tertiary/aromatic N) is 5. The number of anilines is 1. The fourth-order valence-corrected chi connectivity index (χ4v) is 2.90. The minimum absolute atomic E-state index is 0.117. The minimum Gasteiger partial charge on any atom is -0.379 e. The molecule has 126 valence electrons. The maximum absolute atomic E-state index is 12.4. The first-order valence-electron chi connectivity index (χ1n) is 8.00. The Morgan fingerprint density at radius 1 is 1.17 bits per heavy atom. The van der Waals surface area contributed by atoms with E-state index in [1.807, 2.05) is 4.90 Å². The van der Waals surface area contributed by atoms with E-state index in [1.165, 1.54) is 4.68 Å². The fraction of sp³-hybridized carbons (Fsp3) is 0.667. The molecular formula is C15H23N5O3. The number of hydrogen-bond acceptors (Lipinski definition) is 6. The molecule has 2 aliphatic rings. The summed E-state index contributed by atoms with van der Waals surface area (Å²) in [5, 5.41) is 4.05. The second-order valence-electron chi connectivity index (χ2n) is 5.93. The van der Waals surface area contributed by atoms with Gasteiger partial charge in [-0.2, -0.15) is 5.10 Å². The zero-order chi connectivity index (χ0) is 16.2. The van der Waals surface area contributed by atoms with Gasteiger partial charge in [-0.1, -0.05) is 0 Å². The largest absolute Gasteiger partial charge is 0.379 e. The third kappa shape index (κ3) is 3.89. The highest BCUT2D eigenvalue weighted by Gasteiger charge is 2.23. The number of hydrogen-bond donors (Lipinski definition) is 0. The van der Waals surface area contributed by atoms with Crippen molar-refractivity contribution in [1.82, 2.24) is 19.6 Å². The maximum atomic E-state index is 12.4. The highest BCUT2D eigenvalue weighted by Crippen LogP contribution is 2.13. The van der Waals surface area contributed by atoms with E-state index in [-0.39, 0.29) is 11.5 Å². The van der Waals surface area contributed by atoms with Crippen molar-refractivity contribution in [3.63, 3.8) is 0 Å². The molecule has 3 heterocycles. The number of amides is 1. The second-order valence-corrected chi connectivity index (χ2v) is 5.93. The van der Waals surface area contributed by atoms with Crippen molar-refractivity contribution in [3.8, 4) is 0 Å². The lowest BCUT2D eigenvalue weighted by molar-refractivity contribution is -0.133. The molecule has 0 spiro atoms. The van der Waals surface area contributed by atoms with E-state index >= 15 is 0 Å². The summed E-state index contributed by atoms with van der Waals surface area (Å²) in [6.07, 6.45) is 1.70. The maximum Gasteiger partial charge on any atom is 0.268 e. The Bertz CT molecular complexity index is 603. The van der Waals surface area contributed by atoms with Gasteiger partial charge in [0.25, 0.3) is 5.56 Å². The van der Waals surface area contributed by atoms with E-state index in [4.69, 9.17) is 4.74 Å². The van der Waals surface area contributed by atoms with E-state index in [1.54, 1.807) is 19.3 Å². The van der Waals surface area contributed by atoms with Crippen LogP contribution in [0.3, 0.4) is 0 Å². The Balaban J connectivity index is 1.52. The first-order chi connectivity index (χ1) is 11.1. The highest BCUT2D eigenvalue weighted by atomic mass is 16.5. The molecule has 0 saturated carbocycles. The van der Waals surface area contributed by atoms with Crippen molar-refractivity contribution >= 4 is 11.6 Å². The molecule has 0 atom stereocenters. The lowest BCUT2D eigenvalue weighted by Gasteiger charge is -2.37. The quantitative estimate of drug-likeness (QED) is 0.694. The van der Waals surface area contributed by atoms with E-state index < -0.39 is 0 Å². The summed E-state index contributed by atoms with van der Waals surface area (Å²) in [5.41, 5.74) is 0.710. The molecule has 0 N–H and O–H groups in total. The van der Waals surface area contributed by atoms with Crippen LogP contribution < -0.4 is 10.5 Å². The van der Waals surface area contributed by atoms with Crippen LogP contribution in [0, 0.1) is 0 Å². The number of aromatic nitrogens is 2. The van der Waals surface area contributed by atoms with Gasteiger partial charge in [-0.15, -0.1) is 0 Å². The van der Waals surface area contributed by atoms with Crippen molar-refractivity contribution in [2.24, 2.45) is 7.05 Å². The van der Waals surface area contributed by atoms with Gasteiger partial charge < -0.3 is 14.5 Å².